The number of aromatic nitrogens is 3. The van der Waals surface area contributed by atoms with Gasteiger partial charge in [-0.25, -0.2) is 9.97 Å². The zero-order valence-corrected chi connectivity index (χ0v) is 15.0. The molecule has 2 aromatic carbocycles. The van der Waals surface area contributed by atoms with Crippen LogP contribution in [0.25, 0.3) is 29.0 Å². The van der Waals surface area contributed by atoms with Crippen molar-refractivity contribution in [3.05, 3.63) is 89.9 Å². The summed E-state index contributed by atoms with van der Waals surface area (Å²) in [6.07, 6.45) is 5.96. The molecule has 0 radical (unpaired) electrons. The number of rotatable bonds is 4. The minimum absolute atomic E-state index is 0.543. The highest BCUT2D eigenvalue weighted by molar-refractivity contribution is 5.81. The van der Waals surface area contributed by atoms with E-state index in [0.717, 1.165) is 28.2 Å². The molecule has 0 atom stereocenters. The van der Waals surface area contributed by atoms with Crippen molar-refractivity contribution < 1.29 is 0 Å². The molecule has 0 bridgehead atoms. The van der Waals surface area contributed by atoms with Crippen LogP contribution in [0.2, 0.25) is 0 Å². The van der Waals surface area contributed by atoms with Crippen LogP contribution in [0.3, 0.4) is 0 Å². The second kappa shape index (κ2) is 6.96. The lowest BCUT2D eigenvalue weighted by Crippen LogP contribution is -1.99. The van der Waals surface area contributed by atoms with Crippen molar-refractivity contribution in [3.63, 3.8) is 0 Å². The predicted molar refractivity (Wildman–Crippen MR) is 108 cm³/mol. The largest absolute Gasteiger partial charge is 0.277 e. The van der Waals surface area contributed by atoms with Gasteiger partial charge in [0.05, 0.1) is 11.0 Å². The molecule has 0 aliphatic rings. The van der Waals surface area contributed by atoms with Crippen LogP contribution in [-0.2, 0) is 0 Å². The van der Waals surface area contributed by atoms with E-state index in [4.69, 9.17) is 4.98 Å². The maximum Gasteiger partial charge on any atom is 0.139 e. The Hall–Kier alpha value is -3.20. The van der Waals surface area contributed by atoms with E-state index < -0.39 is 0 Å². The maximum absolute atomic E-state index is 4.79. The molecule has 2 aromatic heterocycles. The number of para-hydroxylation sites is 2. The minimum atomic E-state index is 0.543. The van der Waals surface area contributed by atoms with Crippen molar-refractivity contribution in [3.8, 4) is 5.82 Å². The molecular weight excluding hydrogens is 318 g/mol. The fraction of sp³-hybridized carbons (Fsp3) is 0.130. The lowest BCUT2D eigenvalue weighted by Gasteiger charge is -2.06. The molecule has 0 amide bonds. The topological polar surface area (TPSA) is 30.7 Å². The van der Waals surface area contributed by atoms with E-state index in [1.54, 1.807) is 0 Å². The van der Waals surface area contributed by atoms with Crippen molar-refractivity contribution in [1.29, 1.82) is 0 Å². The highest BCUT2D eigenvalue weighted by atomic mass is 15.1. The van der Waals surface area contributed by atoms with E-state index >= 15 is 0 Å². The van der Waals surface area contributed by atoms with Crippen LogP contribution in [0.5, 0.6) is 0 Å². The van der Waals surface area contributed by atoms with Crippen LogP contribution < -0.4 is 0 Å². The third kappa shape index (κ3) is 3.16. The van der Waals surface area contributed by atoms with Gasteiger partial charge in [-0.1, -0.05) is 62.4 Å². The Morgan fingerprint density at radius 3 is 2.35 bits per heavy atom. The molecule has 128 valence electrons. The Bertz CT molecular complexity index is 1040. The molecule has 0 unspecified atom stereocenters. The molecule has 4 aromatic rings. The monoisotopic (exact) mass is 339 g/mol. The Kier molecular flexibility index (Phi) is 4.36. The summed E-state index contributed by atoms with van der Waals surface area (Å²) >= 11 is 0. The molecule has 3 nitrogen and oxygen atoms in total. The first-order valence-electron chi connectivity index (χ1n) is 8.89. The molecular formula is C23H21N3. The number of benzene rings is 2. The van der Waals surface area contributed by atoms with Gasteiger partial charge in [-0.2, -0.15) is 0 Å². The van der Waals surface area contributed by atoms with Gasteiger partial charge >= 0.3 is 0 Å². The summed E-state index contributed by atoms with van der Waals surface area (Å²) in [5.74, 6) is 2.29. The highest BCUT2D eigenvalue weighted by Gasteiger charge is 2.10. The van der Waals surface area contributed by atoms with Gasteiger partial charge in [-0.05, 0) is 47.4 Å². The van der Waals surface area contributed by atoms with Crippen LogP contribution in [-0.4, -0.2) is 14.5 Å². The van der Waals surface area contributed by atoms with Gasteiger partial charge in [0.25, 0.3) is 0 Å². The normalized spacial score (nSPS) is 11.7. The number of imidazole rings is 1. The van der Waals surface area contributed by atoms with Crippen molar-refractivity contribution in [2.45, 2.75) is 19.8 Å². The number of pyridine rings is 1. The zero-order chi connectivity index (χ0) is 17.9. The van der Waals surface area contributed by atoms with Crippen molar-refractivity contribution in [2.24, 2.45) is 0 Å². The maximum atomic E-state index is 4.79. The fourth-order valence-corrected chi connectivity index (χ4v) is 3.05. The minimum Gasteiger partial charge on any atom is -0.277 e. The van der Waals surface area contributed by atoms with Gasteiger partial charge in [0.15, 0.2) is 0 Å². The first-order chi connectivity index (χ1) is 12.7. The summed E-state index contributed by atoms with van der Waals surface area (Å²) in [6.45, 7) is 4.42. The molecule has 4 rings (SSSR count). The van der Waals surface area contributed by atoms with Gasteiger partial charge in [0.1, 0.15) is 11.6 Å². The molecule has 3 heteroatoms. The molecule has 0 N–H and O–H groups in total. The quantitative estimate of drug-likeness (QED) is 0.476. The van der Waals surface area contributed by atoms with Crippen molar-refractivity contribution in [1.82, 2.24) is 14.5 Å². The first kappa shape index (κ1) is 16.3. The molecule has 0 saturated carbocycles. The number of hydrogen-bond donors (Lipinski definition) is 0. The smallest absolute Gasteiger partial charge is 0.139 e. The van der Waals surface area contributed by atoms with Gasteiger partial charge < -0.3 is 0 Å². The summed E-state index contributed by atoms with van der Waals surface area (Å²) in [6, 6.07) is 22.7. The van der Waals surface area contributed by atoms with Crippen molar-refractivity contribution in [2.75, 3.05) is 0 Å². The van der Waals surface area contributed by atoms with Crippen LogP contribution in [0.1, 0.15) is 36.7 Å². The molecule has 0 saturated heterocycles. The van der Waals surface area contributed by atoms with Gasteiger partial charge in [0.2, 0.25) is 0 Å². The summed E-state index contributed by atoms with van der Waals surface area (Å²) < 4.78 is 2.09. The summed E-state index contributed by atoms with van der Waals surface area (Å²) in [4.78, 5) is 9.29. The van der Waals surface area contributed by atoms with Crippen LogP contribution in [0.4, 0.5) is 0 Å². The van der Waals surface area contributed by atoms with Crippen LogP contribution >= 0.6 is 0 Å². The Labute approximate surface area is 153 Å². The van der Waals surface area contributed by atoms with E-state index in [0.29, 0.717) is 5.92 Å². The van der Waals surface area contributed by atoms with E-state index in [9.17, 15) is 0 Å². The Morgan fingerprint density at radius 1 is 0.846 bits per heavy atom. The van der Waals surface area contributed by atoms with Crippen LogP contribution in [0.15, 0.2) is 72.9 Å². The molecule has 0 aliphatic carbocycles. The third-order valence-corrected chi connectivity index (χ3v) is 4.49. The van der Waals surface area contributed by atoms with E-state index in [-0.39, 0.29) is 0 Å². The molecule has 0 fully saturated rings. The van der Waals surface area contributed by atoms with Crippen molar-refractivity contribution >= 4 is 23.2 Å². The standard InChI is InChI=1S/C23H21N3/c1-17(2)19-13-10-18(11-14-19)12-15-23-25-20-7-3-4-8-21(20)26(23)22-9-5-6-16-24-22/h3-17H,1-2H3/b15-12+. The molecule has 2 heterocycles. The lowest BCUT2D eigenvalue weighted by molar-refractivity contribution is 0.866. The summed E-state index contributed by atoms with van der Waals surface area (Å²) in [5.41, 5.74) is 4.53. The summed E-state index contributed by atoms with van der Waals surface area (Å²) in [5, 5.41) is 0. The van der Waals surface area contributed by atoms with E-state index in [1.165, 1.54) is 5.56 Å². The average molecular weight is 339 g/mol. The fourth-order valence-electron chi connectivity index (χ4n) is 3.05. The average Bonchev–Trinajstić information content (AvgIpc) is 3.05. The summed E-state index contributed by atoms with van der Waals surface area (Å²) in [7, 11) is 0. The second-order valence-corrected chi connectivity index (χ2v) is 6.64. The second-order valence-electron chi connectivity index (χ2n) is 6.64. The van der Waals surface area contributed by atoms with Crippen LogP contribution in [0, 0.1) is 0 Å². The first-order valence-corrected chi connectivity index (χ1v) is 8.89. The lowest BCUT2D eigenvalue weighted by atomic mass is 10.0. The van der Waals surface area contributed by atoms with Gasteiger partial charge in [-0.3, -0.25) is 4.57 Å². The molecule has 0 spiro atoms. The third-order valence-electron chi connectivity index (χ3n) is 4.49. The highest BCUT2D eigenvalue weighted by Crippen LogP contribution is 2.22. The molecule has 0 aliphatic heterocycles. The number of nitrogens with zero attached hydrogens (tertiary/aromatic N) is 3. The van der Waals surface area contributed by atoms with Gasteiger partial charge in [0, 0.05) is 6.20 Å². The number of hydrogen-bond acceptors (Lipinski definition) is 2. The Balaban J connectivity index is 1.76. The van der Waals surface area contributed by atoms with Gasteiger partial charge in [-0.15, -0.1) is 0 Å². The van der Waals surface area contributed by atoms with E-state index in [1.807, 2.05) is 42.6 Å². The SMILES string of the molecule is CC(C)c1ccc(/C=C/c2nc3ccccc3n2-c2ccccn2)cc1. The number of fused-ring (bicyclic) bond motifs is 1. The Morgan fingerprint density at radius 2 is 1.62 bits per heavy atom. The van der Waals surface area contributed by atoms with E-state index in [2.05, 4.69) is 65.9 Å². The molecule has 26 heavy (non-hydrogen) atoms. The zero-order valence-electron chi connectivity index (χ0n) is 15.0. The predicted octanol–water partition coefficient (Wildman–Crippen LogP) is 5.71.